The molecule has 1 fully saturated rings. The SMILES string of the molecule is Cc1cc(C(=O)Nc2ccc(N3CCSCC3)c(Cl)c2)on1. The van der Waals surface area contributed by atoms with Gasteiger partial charge in [0, 0.05) is 36.3 Å². The molecular weight excluding hydrogens is 322 g/mol. The molecule has 7 heteroatoms. The molecule has 1 aromatic carbocycles. The van der Waals surface area contributed by atoms with E-state index < -0.39 is 0 Å². The maximum Gasteiger partial charge on any atom is 0.294 e. The van der Waals surface area contributed by atoms with Crippen LogP contribution in [0.1, 0.15) is 16.2 Å². The first-order chi connectivity index (χ1) is 10.6. The van der Waals surface area contributed by atoms with Gasteiger partial charge in [-0.2, -0.15) is 11.8 Å². The lowest BCUT2D eigenvalue weighted by molar-refractivity contribution is 0.0988. The van der Waals surface area contributed by atoms with Crippen molar-refractivity contribution >= 4 is 40.6 Å². The van der Waals surface area contributed by atoms with E-state index in [1.165, 1.54) is 0 Å². The molecule has 0 saturated carbocycles. The van der Waals surface area contributed by atoms with Gasteiger partial charge in [0.2, 0.25) is 5.76 Å². The summed E-state index contributed by atoms with van der Waals surface area (Å²) in [5.74, 6) is 2.07. The van der Waals surface area contributed by atoms with E-state index in [0.717, 1.165) is 30.3 Å². The van der Waals surface area contributed by atoms with Crippen LogP contribution >= 0.6 is 23.4 Å². The molecule has 22 heavy (non-hydrogen) atoms. The fourth-order valence-corrected chi connectivity index (χ4v) is 3.51. The predicted molar refractivity (Wildman–Crippen MR) is 90.2 cm³/mol. The van der Waals surface area contributed by atoms with Crippen LogP contribution in [-0.4, -0.2) is 35.7 Å². The second-order valence-electron chi connectivity index (χ2n) is 5.05. The monoisotopic (exact) mass is 337 g/mol. The number of amides is 1. The molecule has 1 aliphatic heterocycles. The molecule has 1 aliphatic rings. The molecule has 3 rings (SSSR count). The lowest BCUT2D eigenvalue weighted by atomic mass is 10.2. The predicted octanol–water partition coefficient (Wildman–Crippen LogP) is 3.44. The summed E-state index contributed by atoms with van der Waals surface area (Å²) in [4.78, 5) is 14.3. The molecule has 2 heterocycles. The average Bonchev–Trinajstić information content (AvgIpc) is 2.95. The van der Waals surface area contributed by atoms with Crippen LogP contribution in [0.25, 0.3) is 0 Å². The fourth-order valence-electron chi connectivity index (χ4n) is 2.31. The normalized spacial score (nSPS) is 14.9. The highest BCUT2D eigenvalue weighted by Gasteiger charge is 2.16. The first-order valence-corrected chi connectivity index (χ1v) is 8.53. The van der Waals surface area contributed by atoms with E-state index in [4.69, 9.17) is 16.1 Å². The van der Waals surface area contributed by atoms with E-state index in [0.29, 0.717) is 16.4 Å². The highest BCUT2D eigenvalue weighted by Crippen LogP contribution is 2.30. The molecule has 5 nitrogen and oxygen atoms in total. The van der Waals surface area contributed by atoms with Gasteiger partial charge < -0.3 is 14.7 Å². The van der Waals surface area contributed by atoms with Gasteiger partial charge in [0.05, 0.1) is 16.4 Å². The average molecular weight is 338 g/mol. The Morgan fingerprint density at radius 1 is 1.36 bits per heavy atom. The minimum absolute atomic E-state index is 0.186. The highest BCUT2D eigenvalue weighted by atomic mass is 35.5. The molecule has 2 aromatic rings. The number of aryl methyl sites for hydroxylation is 1. The molecule has 1 saturated heterocycles. The number of carbonyl (C=O) groups excluding carboxylic acids is 1. The van der Waals surface area contributed by atoms with Gasteiger partial charge in [-0.1, -0.05) is 16.8 Å². The van der Waals surface area contributed by atoms with Crippen molar-refractivity contribution in [1.29, 1.82) is 0 Å². The summed E-state index contributed by atoms with van der Waals surface area (Å²) < 4.78 is 4.94. The zero-order chi connectivity index (χ0) is 15.5. The molecule has 0 bridgehead atoms. The van der Waals surface area contributed by atoms with Crippen molar-refractivity contribution in [2.24, 2.45) is 0 Å². The summed E-state index contributed by atoms with van der Waals surface area (Å²) in [6, 6.07) is 7.15. The van der Waals surface area contributed by atoms with E-state index in [1.807, 2.05) is 23.9 Å². The van der Waals surface area contributed by atoms with Crippen molar-refractivity contribution in [2.45, 2.75) is 6.92 Å². The van der Waals surface area contributed by atoms with E-state index >= 15 is 0 Å². The lowest BCUT2D eigenvalue weighted by Gasteiger charge is -2.29. The third kappa shape index (κ3) is 3.39. The molecule has 0 spiro atoms. The van der Waals surface area contributed by atoms with Crippen molar-refractivity contribution in [2.75, 3.05) is 34.8 Å². The van der Waals surface area contributed by atoms with Crippen LogP contribution in [-0.2, 0) is 0 Å². The number of nitrogens with one attached hydrogen (secondary N) is 1. The first kappa shape index (κ1) is 15.2. The Hall–Kier alpha value is -1.66. The summed E-state index contributed by atoms with van der Waals surface area (Å²) in [5, 5.41) is 7.10. The number of halogens is 1. The highest BCUT2D eigenvalue weighted by molar-refractivity contribution is 7.99. The van der Waals surface area contributed by atoms with Crippen LogP contribution in [0.3, 0.4) is 0 Å². The molecule has 0 unspecified atom stereocenters. The molecule has 0 aliphatic carbocycles. The van der Waals surface area contributed by atoms with Crippen molar-refractivity contribution in [3.05, 3.63) is 40.7 Å². The summed E-state index contributed by atoms with van der Waals surface area (Å²) in [7, 11) is 0. The van der Waals surface area contributed by atoms with Crippen LogP contribution in [0.5, 0.6) is 0 Å². The van der Waals surface area contributed by atoms with Crippen molar-refractivity contribution < 1.29 is 9.32 Å². The molecule has 0 atom stereocenters. The quantitative estimate of drug-likeness (QED) is 0.929. The second-order valence-corrected chi connectivity index (χ2v) is 6.68. The van der Waals surface area contributed by atoms with Crippen molar-refractivity contribution in [3.8, 4) is 0 Å². The third-order valence-electron chi connectivity index (χ3n) is 3.41. The number of rotatable bonds is 3. The number of nitrogens with zero attached hydrogens (tertiary/aromatic N) is 2. The summed E-state index contributed by atoms with van der Waals surface area (Å²) >= 11 is 8.31. The first-order valence-electron chi connectivity index (χ1n) is 7.00. The molecule has 1 N–H and O–H groups in total. The van der Waals surface area contributed by atoms with E-state index in [-0.39, 0.29) is 11.7 Å². The number of hydrogen-bond donors (Lipinski definition) is 1. The van der Waals surface area contributed by atoms with Gasteiger partial charge in [-0.15, -0.1) is 0 Å². The Bertz CT molecular complexity index is 683. The topological polar surface area (TPSA) is 58.4 Å². The lowest BCUT2D eigenvalue weighted by Crippen LogP contribution is -2.32. The zero-order valence-corrected chi connectivity index (χ0v) is 13.7. The number of benzene rings is 1. The van der Waals surface area contributed by atoms with Crippen molar-refractivity contribution in [1.82, 2.24) is 5.16 Å². The Kier molecular flexibility index (Phi) is 4.59. The minimum Gasteiger partial charge on any atom is -0.369 e. The number of thioether (sulfide) groups is 1. The largest absolute Gasteiger partial charge is 0.369 e. The number of aromatic nitrogens is 1. The van der Waals surface area contributed by atoms with Gasteiger partial charge in [-0.3, -0.25) is 4.79 Å². The third-order valence-corrected chi connectivity index (χ3v) is 4.65. The number of carbonyl (C=O) groups is 1. The molecule has 0 radical (unpaired) electrons. The standard InChI is InChI=1S/C15H16ClN3O2S/c1-10-8-14(21-18-10)15(20)17-11-2-3-13(12(16)9-11)19-4-6-22-7-5-19/h2-3,8-9H,4-7H2,1H3,(H,17,20). The second kappa shape index (κ2) is 6.62. The van der Waals surface area contributed by atoms with E-state index in [2.05, 4.69) is 15.4 Å². The van der Waals surface area contributed by atoms with E-state index in [9.17, 15) is 4.79 Å². The van der Waals surface area contributed by atoms with Gasteiger partial charge in [-0.05, 0) is 25.1 Å². The Labute approximate surface area is 138 Å². The number of hydrogen-bond acceptors (Lipinski definition) is 5. The zero-order valence-electron chi connectivity index (χ0n) is 12.1. The van der Waals surface area contributed by atoms with Gasteiger partial charge in [-0.25, -0.2) is 0 Å². The molecule has 1 amide bonds. The molecular formula is C15H16ClN3O2S. The smallest absolute Gasteiger partial charge is 0.294 e. The Balaban J connectivity index is 1.72. The summed E-state index contributed by atoms with van der Waals surface area (Å²) in [6.07, 6.45) is 0. The maximum atomic E-state index is 12.0. The van der Waals surface area contributed by atoms with Crippen LogP contribution in [0.4, 0.5) is 11.4 Å². The van der Waals surface area contributed by atoms with Crippen LogP contribution in [0.15, 0.2) is 28.8 Å². The molecule has 116 valence electrons. The van der Waals surface area contributed by atoms with Crippen LogP contribution < -0.4 is 10.2 Å². The maximum absolute atomic E-state index is 12.0. The Morgan fingerprint density at radius 2 is 2.14 bits per heavy atom. The van der Waals surface area contributed by atoms with Gasteiger partial charge >= 0.3 is 0 Å². The van der Waals surface area contributed by atoms with Crippen LogP contribution in [0.2, 0.25) is 5.02 Å². The van der Waals surface area contributed by atoms with Crippen LogP contribution in [0, 0.1) is 6.92 Å². The Morgan fingerprint density at radius 3 is 2.77 bits per heavy atom. The molecule has 1 aromatic heterocycles. The van der Waals surface area contributed by atoms with Gasteiger partial charge in [0.15, 0.2) is 0 Å². The minimum atomic E-state index is -0.334. The fraction of sp³-hybridized carbons (Fsp3) is 0.333. The van der Waals surface area contributed by atoms with E-state index in [1.54, 1.807) is 19.1 Å². The summed E-state index contributed by atoms with van der Waals surface area (Å²) in [6.45, 7) is 3.75. The van der Waals surface area contributed by atoms with Gasteiger partial charge in [0.25, 0.3) is 5.91 Å². The summed E-state index contributed by atoms with van der Waals surface area (Å²) in [5.41, 5.74) is 2.32. The van der Waals surface area contributed by atoms with Crippen molar-refractivity contribution in [3.63, 3.8) is 0 Å². The van der Waals surface area contributed by atoms with Gasteiger partial charge in [0.1, 0.15) is 0 Å². The number of anilines is 2.